The molecule has 0 saturated heterocycles. The largest absolute Gasteiger partial charge is 0.497 e. The lowest BCUT2D eigenvalue weighted by molar-refractivity contribution is 0.0951. The van der Waals surface area contributed by atoms with E-state index in [0.717, 1.165) is 33.9 Å². The Balaban J connectivity index is 1.33. The van der Waals surface area contributed by atoms with Gasteiger partial charge in [-0.05, 0) is 84.4 Å². The number of carbonyl (C=O) groups is 1. The van der Waals surface area contributed by atoms with Crippen LogP contribution in [-0.4, -0.2) is 36.9 Å². The van der Waals surface area contributed by atoms with Crippen molar-refractivity contribution in [3.05, 3.63) is 96.1 Å². The topological polar surface area (TPSA) is 91.8 Å². The Hall–Kier alpha value is -5.11. The van der Waals surface area contributed by atoms with Gasteiger partial charge in [0, 0.05) is 23.2 Å². The molecule has 1 amide bonds. The van der Waals surface area contributed by atoms with E-state index in [0.29, 0.717) is 40.3 Å². The molecule has 8 nitrogen and oxygen atoms in total. The minimum atomic E-state index is -0.207. The molecular formula is C31H25N3O5. The molecule has 1 aliphatic heterocycles. The number of nitrogens with one attached hydrogen (secondary N) is 1. The van der Waals surface area contributed by atoms with E-state index in [9.17, 15) is 4.79 Å². The highest BCUT2D eigenvalue weighted by molar-refractivity contribution is 5.98. The highest BCUT2D eigenvalue weighted by Gasteiger charge is 2.17. The van der Waals surface area contributed by atoms with Crippen LogP contribution in [0.1, 0.15) is 15.9 Å². The van der Waals surface area contributed by atoms with Gasteiger partial charge in [0.1, 0.15) is 11.5 Å². The third-order valence-corrected chi connectivity index (χ3v) is 6.54. The Kier molecular flexibility index (Phi) is 6.42. The predicted molar refractivity (Wildman–Crippen MR) is 147 cm³/mol. The summed E-state index contributed by atoms with van der Waals surface area (Å²) < 4.78 is 21.4. The van der Waals surface area contributed by atoms with Gasteiger partial charge < -0.3 is 24.3 Å². The molecule has 194 valence electrons. The van der Waals surface area contributed by atoms with Crippen LogP contribution in [0.4, 0.5) is 0 Å². The number of amides is 1. The van der Waals surface area contributed by atoms with Crippen molar-refractivity contribution in [3.63, 3.8) is 0 Å². The number of nitrogens with zero attached hydrogens (tertiary/aromatic N) is 2. The van der Waals surface area contributed by atoms with E-state index in [-0.39, 0.29) is 12.7 Å². The van der Waals surface area contributed by atoms with Gasteiger partial charge in [-0.1, -0.05) is 6.07 Å². The summed E-state index contributed by atoms with van der Waals surface area (Å²) in [5.41, 5.74) is 5.94. The van der Waals surface area contributed by atoms with Crippen molar-refractivity contribution >= 4 is 16.9 Å². The first-order chi connectivity index (χ1) is 19.1. The predicted octanol–water partition coefficient (Wildman–Crippen LogP) is 5.64. The molecule has 0 spiro atoms. The number of rotatable bonds is 7. The number of aromatic nitrogens is 2. The van der Waals surface area contributed by atoms with Crippen LogP contribution in [0.2, 0.25) is 0 Å². The van der Waals surface area contributed by atoms with Gasteiger partial charge in [-0.15, -0.1) is 0 Å². The van der Waals surface area contributed by atoms with Crippen molar-refractivity contribution in [1.29, 1.82) is 0 Å². The highest BCUT2D eigenvalue weighted by atomic mass is 16.7. The second-order valence-electron chi connectivity index (χ2n) is 8.95. The maximum Gasteiger partial charge on any atom is 0.251 e. The Morgan fingerprint density at radius 1 is 0.744 bits per heavy atom. The quantitative estimate of drug-likeness (QED) is 0.298. The van der Waals surface area contributed by atoms with Crippen molar-refractivity contribution < 1.29 is 23.7 Å². The average molecular weight is 520 g/mol. The lowest BCUT2D eigenvalue weighted by atomic mass is 10.0. The molecule has 8 heteroatoms. The summed E-state index contributed by atoms with van der Waals surface area (Å²) in [7, 11) is 3.27. The molecule has 39 heavy (non-hydrogen) atoms. The number of benzene rings is 4. The molecule has 4 aromatic carbocycles. The monoisotopic (exact) mass is 519 g/mol. The van der Waals surface area contributed by atoms with E-state index in [4.69, 9.17) is 28.9 Å². The van der Waals surface area contributed by atoms with E-state index in [1.807, 2.05) is 72.8 Å². The molecule has 2 heterocycles. The molecule has 1 N–H and O–H groups in total. The summed E-state index contributed by atoms with van der Waals surface area (Å²) in [5.74, 6) is 2.69. The Morgan fingerprint density at radius 3 is 2.00 bits per heavy atom. The zero-order chi connectivity index (χ0) is 26.8. The van der Waals surface area contributed by atoms with Crippen molar-refractivity contribution in [2.45, 2.75) is 6.54 Å². The van der Waals surface area contributed by atoms with E-state index >= 15 is 0 Å². The molecule has 0 fully saturated rings. The van der Waals surface area contributed by atoms with Gasteiger partial charge in [0.15, 0.2) is 11.5 Å². The first kappa shape index (κ1) is 24.2. The molecule has 0 saturated carbocycles. The molecule has 1 aliphatic rings. The van der Waals surface area contributed by atoms with E-state index in [1.165, 1.54) is 0 Å². The first-order valence-electron chi connectivity index (χ1n) is 12.4. The summed E-state index contributed by atoms with van der Waals surface area (Å²) in [6.07, 6.45) is 0. The highest BCUT2D eigenvalue weighted by Crippen LogP contribution is 2.34. The smallest absolute Gasteiger partial charge is 0.251 e. The zero-order valence-electron chi connectivity index (χ0n) is 21.4. The van der Waals surface area contributed by atoms with Gasteiger partial charge in [0.05, 0.1) is 36.6 Å². The average Bonchev–Trinajstić information content (AvgIpc) is 3.47. The number of carbonyl (C=O) groups excluding carboxylic acids is 1. The molecule has 1 aromatic heterocycles. The second-order valence-corrected chi connectivity index (χ2v) is 8.95. The Bertz CT molecular complexity index is 1670. The molecule has 5 aromatic rings. The van der Waals surface area contributed by atoms with Crippen LogP contribution in [0.25, 0.3) is 33.5 Å². The number of ether oxygens (including phenoxy) is 4. The molecule has 0 aliphatic carbocycles. The van der Waals surface area contributed by atoms with Gasteiger partial charge in [0.2, 0.25) is 6.79 Å². The molecule has 0 atom stereocenters. The van der Waals surface area contributed by atoms with Crippen LogP contribution in [0.3, 0.4) is 0 Å². The fourth-order valence-corrected chi connectivity index (χ4v) is 4.43. The summed E-state index contributed by atoms with van der Waals surface area (Å²) in [6, 6.07) is 26.3. The fourth-order valence-electron chi connectivity index (χ4n) is 4.43. The lowest BCUT2D eigenvalue weighted by Gasteiger charge is -2.12. The van der Waals surface area contributed by atoms with Crippen molar-refractivity contribution in [3.8, 4) is 45.5 Å². The van der Waals surface area contributed by atoms with E-state index in [1.54, 1.807) is 26.4 Å². The minimum Gasteiger partial charge on any atom is -0.497 e. The lowest BCUT2D eigenvalue weighted by Crippen LogP contribution is -2.22. The Morgan fingerprint density at radius 2 is 1.36 bits per heavy atom. The summed E-state index contributed by atoms with van der Waals surface area (Å²) in [5, 5.41) is 2.97. The molecular weight excluding hydrogens is 494 g/mol. The number of hydrogen-bond acceptors (Lipinski definition) is 7. The molecule has 0 bridgehead atoms. The first-order valence-corrected chi connectivity index (χ1v) is 12.4. The van der Waals surface area contributed by atoms with Gasteiger partial charge in [-0.2, -0.15) is 0 Å². The summed E-state index contributed by atoms with van der Waals surface area (Å²) in [6.45, 7) is 0.564. The SMILES string of the molecule is COc1ccc(-c2nc3ccc(C(=O)NCc4ccc5c(c4)OCO5)cc3nc2-c2ccc(OC)cc2)cc1. The molecule has 0 unspecified atom stereocenters. The van der Waals surface area contributed by atoms with Crippen LogP contribution < -0.4 is 24.3 Å². The number of hydrogen-bond donors (Lipinski definition) is 1. The second kappa shape index (κ2) is 10.3. The molecule has 6 rings (SSSR count). The fraction of sp³-hybridized carbons (Fsp3) is 0.129. The van der Waals surface area contributed by atoms with Gasteiger partial charge in [-0.3, -0.25) is 4.79 Å². The molecule has 0 radical (unpaired) electrons. The van der Waals surface area contributed by atoms with Crippen LogP contribution >= 0.6 is 0 Å². The van der Waals surface area contributed by atoms with Crippen LogP contribution in [0.15, 0.2) is 84.9 Å². The summed E-state index contributed by atoms with van der Waals surface area (Å²) >= 11 is 0. The van der Waals surface area contributed by atoms with Gasteiger partial charge in [0.25, 0.3) is 5.91 Å². The van der Waals surface area contributed by atoms with Crippen LogP contribution in [-0.2, 0) is 6.54 Å². The minimum absolute atomic E-state index is 0.207. The summed E-state index contributed by atoms with van der Waals surface area (Å²) in [4.78, 5) is 23.0. The standard InChI is InChI=1S/C31H25N3O5/c1-36-23-9-4-20(5-10-23)29-30(21-6-11-24(37-2)12-7-21)34-26-16-22(8-13-25(26)33-29)31(35)32-17-19-3-14-27-28(15-19)39-18-38-27/h3-16H,17-18H2,1-2H3,(H,32,35). The van der Waals surface area contributed by atoms with Gasteiger partial charge in [-0.25, -0.2) is 9.97 Å². The maximum absolute atomic E-state index is 13.0. The maximum atomic E-state index is 13.0. The van der Waals surface area contributed by atoms with Crippen molar-refractivity contribution in [1.82, 2.24) is 15.3 Å². The van der Waals surface area contributed by atoms with Crippen LogP contribution in [0, 0.1) is 0 Å². The number of methoxy groups -OCH3 is 2. The Labute approximate surface area is 225 Å². The number of fused-ring (bicyclic) bond motifs is 2. The zero-order valence-corrected chi connectivity index (χ0v) is 21.4. The van der Waals surface area contributed by atoms with E-state index in [2.05, 4.69) is 5.32 Å². The van der Waals surface area contributed by atoms with Gasteiger partial charge >= 0.3 is 0 Å². The third-order valence-electron chi connectivity index (χ3n) is 6.54. The normalized spacial score (nSPS) is 11.8. The van der Waals surface area contributed by atoms with E-state index < -0.39 is 0 Å². The third kappa shape index (κ3) is 4.92. The van der Waals surface area contributed by atoms with Crippen LogP contribution in [0.5, 0.6) is 23.0 Å². The van der Waals surface area contributed by atoms with Crippen molar-refractivity contribution in [2.75, 3.05) is 21.0 Å². The van der Waals surface area contributed by atoms with Crippen molar-refractivity contribution in [2.24, 2.45) is 0 Å².